The fraction of sp³-hybridized carbons (Fsp3) is 0.353. The summed E-state index contributed by atoms with van der Waals surface area (Å²) in [6.45, 7) is 1.71. The predicted octanol–water partition coefficient (Wildman–Crippen LogP) is 0.534. The molecule has 7 nitrogen and oxygen atoms in total. The molecule has 1 aromatic rings. The molecule has 4 N–H and O–H groups in total. The maximum absolute atomic E-state index is 12.3. The molecule has 0 aliphatic carbocycles. The molecule has 24 heavy (non-hydrogen) atoms. The van der Waals surface area contributed by atoms with Crippen LogP contribution in [0, 0.1) is 0 Å². The van der Waals surface area contributed by atoms with Crippen molar-refractivity contribution in [2.45, 2.75) is 37.9 Å². The number of carbonyl (C=O) groups excluding carboxylic acids is 2. The van der Waals surface area contributed by atoms with Gasteiger partial charge in [-0.1, -0.05) is 30.3 Å². The summed E-state index contributed by atoms with van der Waals surface area (Å²) in [4.78, 5) is 37.3. The average Bonchev–Trinajstić information content (AvgIpc) is 2.59. The Kier molecular flexibility index (Phi) is 4.11. The largest absolute Gasteiger partial charge is 0.477 e. The lowest BCUT2D eigenvalue weighted by Gasteiger charge is -2.50. The first-order valence-electron chi connectivity index (χ1n) is 7.79. The van der Waals surface area contributed by atoms with Crippen molar-refractivity contribution in [1.82, 2.24) is 10.2 Å². The second-order valence-electron chi connectivity index (χ2n) is 6.12. The van der Waals surface area contributed by atoms with Gasteiger partial charge >= 0.3 is 5.97 Å². The van der Waals surface area contributed by atoms with Gasteiger partial charge in [0.15, 0.2) is 0 Å². The Morgan fingerprint density at radius 2 is 2.00 bits per heavy atom. The van der Waals surface area contributed by atoms with Gasteiger partial charge in [0, 0.05) is 0 Å². The summed E-state index contributed by atoms with van der Waals surface area (Å²) in [6.07, 6.45) is 1.22. The van der Waals surface area contributed by atoms with E-state index < -0.39 is 29.9 Å². The van der Waals surface area contributed by atoms with E-state index >= 15 is 0 Å². The molecule has 3 rings (SSSR count). The Morgan fingerprint density at radius 1 is 1.33 bits per heavy atom. The number of hydrogen-bond acceptors (Lipinski definition) is 4. The molecule has 0 radical (unpaired) electrons. The number of fused-ring (bicyclic) bond motifs is 1. The second-order valence-corrected chi connectivity index (χ2v) is 6.12. The number of nitrogens with two attached hydrogens (primary N) is 1. The highest BCUT2D eigenvalue weighted by atomic mass is 16.4. The maximum Gasteiger partial charge on any atom is 0.352 e. The van der Waals surface area contributed by atoms with Crippen molar-refractivity contribution in [2.24, 2.45) is 5.73 Å². The van der Waals surface area contributed by atoms with Crippen molar-refractivity contribution in [3.8, 4) is 0 Å². The lowest BCUT2D eigenvalue weighted by atomic mass is 9.83. The van der Waals surface area contributed by atoms with Crippen LogP contribution >= 0.6 is 0 Å². The highest BCUT2D eigenvalue weighted by molar-refractivity contribution is 6.02. The fourth-order valence-electron chi connectivity index (χ4n) is 3.30. The summed E-state index contributed by atoms with van der Waals surface area (Å²) in [7, 11) is 0. The number of nitrogens with zero attached hydrogens (tertiary/aromatic N) is 1. The zero-order valence-corrected chi connectivity index (χ0v) is 13.2. The van der Waals surface area contributed by atoms with E-state index in [0.29, 0.717) is 24.0 Å². The minimum atomic E-state index is -1.11. The zero-order valence-electron chi connectivity index (χ0n) is 13.2. The number of carbonyl (C=O) groups is 3. The van der Waals surface area contributed by atoms with Gasteiger partial charge in [-0.05, 0) is 30.9 Å². The number of hydrogen-bond donors (Lipinski definition) is 3. The maximum atomic E-state index is 12.3. The van der Waals surface area contributed by atoms with Crippen LogP contribution in [0.25, 0.3) is 0 Å². The Morgan fingerprint density at radius 3 is 2.62 bits per heavy atom. The number of carboxylic acid groups (broad SMARTS) is 1. The molecule has 0 saturated carbocycles. The molecule has 2 amide bonds. The number of β-lactam (4-membered cyclic amide) rings is 1. The first-order chi connectivity index (χ1) is 11.4. The van der Waals surface area contributed by atoms with E-state index in [1.54, 1.807) is 31.2 Å². The Hall–Kier alpha value is -2.67. The number of amides is 2. The fourth-order valence-corrected chi connectivity index (χ4v) is 3.30. The van der Waals surface area contributed by atoms with Gasteiger partial charge in [0.25, 0.3) is 5.91 Å². The quantitative estimate of drug-likeness (QED) is 0.698. The van der Waals surface area contributed by atoms with Crippen LogP contribution in [0.3, 0.4) is 0 Å². The van der Waals surface area contributed by atoms with Gasteiger partial charge in [-0.15, -0.1) is 0 Å². The summed E-state index contributed by atoms with van der Waals surface area (Å²) in [5.41, 5.74) is 7.31. The normalized spacial score (nSPS) is 24.1. The Labute approximate surface area is 139 Å². The minimum Gasteiger partial charge on any atom is -0.477 e. The van der Waals surface area contributed by atoms with Crippen LogP contribution in [0.2, 0.25) is 0 Å². The number of carboxylic acids is 1. The summed E-state index contributed by atoms with van der Waals surface area (Å²) in [5, 5.41) is 12.0. The number of nitrogens with one attached hydrogen (secondary N) is 1. The van der Waals surface area contributed by atoms with Crippen molar-refractivity contribution in [1.29, 1.82) is 0 Å². The lowest BCUT2D eigenvalue weighted by Crippen LogP contribution is -2.72. The van der Waals surface area contributed by atoms with Gasteiger partial charge < -0.3 is 16.2 Å². The standard InChI is InChI=1S/C17H19N3O4/c1-9-7-8-11-13(16(22)20(11)14(9)17(23)24)19-15(21)12(18)10-5-3-2-4-6-10/h2-6,11-13H,7-8,18H2,1H3,(H,19,21)(H,23,24)/t11-,12?,13+/m1/s1. The Balaban J connectivity index is 1.71. The van der Waals surface area contributed by atoms with Gasteiger partial charge in [-0.2, -0.15) is 0 Å². The molecule has 2 aliphatic heterocycles. The van der Waals surface area contributed by atoms with Crippen molar-refractivity contribution < 1.29 is 19.5 Å². The zero-order chi connectivity index (χ0) is 17.4. The van der Waals surface area contributed by atoms with Crippen LogP contribution < -0.4 is 11.1 Å². The average molecular weight is 329 g/mol. The highest BCUT2D eigenvalue weighted by Gasteiger charge is 2.53. The second kappa shape index (κ2) is 6.09. The van der Waals surface area contributed by atoms with E-state index in [4.69, 9.17) is 5.73 Å². The molecule has 1 fully saturated rings. The van der Waals surface area contributed by atoms with E-state index in [2.05, 4.69) is 5.32 Å². The molecular formula is C17H19N3O4. The van der Waals surface area contributed by atoms with Gasteiger partial charge in [0.1, 0.15) is 17.8 Å². The van der Waals surface area contributed by atoms with Crippen molar-refractivity contribution in [3.05, 3.63) is 47.2 Å². The van der Waals surface area contributed by atoms with Crippen molar-refractivity contribution >= 4 is 17.8 Å². The van der Waals surface area contributed by atoms with Gasteiger partial charge in [-0.3, -0.25) is 14.5 Å². The lowest BCUT2D eigenvalue weighted by molar-refractivity contribution is -0.156. The van der Waals surface area contributed by atoms with Crippen molar-refractivity contribution in [3.63, 3.8) is 0 Å². The van der Waals surface area contributed by atoms with Crippen LogP contribution in [-0.2, 0) is 14.4 Å². The number of allylic oxidation sites excluding steroid dienone is 1. The summed E-state index contributed by atoms with van der Waals surface area (Å²) in [6, 6.07) is 6.98. The number of aliphatic carboxylic acids is 1. The molecule has 0 aromatic heterocycles. The van der Waals surface area contributed by atoms with Gasteiger partial charge in [-0.25, -0.2) is 4.79 Å². The van der Waals surface area contributed by atoms with Crippen LogP contribution in [0.15, 0.2) is 41.6 Å². The summed E-state index contributed by atoms with van der Waals surface area (Å²) < 4.78 is 0. The summed E-state index contributed by atoms with van der Waals surface area (Å²) in [5.74, 6) is -1.95. The third kappa shape index (κ3) is 2.56. The first kappa shape index (κ1) is 16.2. The van der Waals surface area contributed by atoms with Crippen LogP contribution in [0.5, 0.6) is 0 Å². The first-order valence-corrected chi connectivity index (χ1v) is 7.79. The molecule has 1 saturated heterocycles. The van der Waals surface area contributed by atoms with E-state index in [1.165, 1.54) is 4.90 Å². The molecule has 2 heterocycles. The van der Waals surface area contributed by atoms with E-state index in [0.717, 1.165) is 0 Å². The molecule has 1 unspecified atom stereocenters. The molecule has 2 aliphatic rings. The van der Waals surface area contributed by atoms with Gasteiger partial charge in [0.05, 0.1) is 6.04 Å². The van der Waals surface area contributed by atoms with Crippen LogP contribution in [0.4, 0.5) is 0 Å². The summed E-state index contributed by atoms with van der Waals surface area (Å²) >= 11 is 0. The third-order valence-corrected chi connectivity index (χ3v) is 4.62. The monoisotopic (exact) mass is 329 g/mol. The SMILES string of the molecule is CC1=C(C(=O)O)N2C(=O)[C@@H](NC(=O)C(N)c3ccccc3)[C@H]2CC1. The van der Waals surface area contributed by atoms with Crippen molar-refractivity contribution in [2.75, 3.05) is 0 Å². The smallest absolute Gasteiger partial charge is 0.352 e. The predicted molar refractivity (Wildman–Crippen MR) is 85.5 cm³/mol. The number of benzene rings is 1. The van der Waals surface area contributed by atoms with Crippen LogP contribution in [0.1, 0.15) is 31.4 Å². The molecule has 7 heteroatoms. The third-order valence-electron chi connectivity index (χ3n) is 4.62. The molecule has 1 aromatic carbocycles. The molecule has 126 valence electrons. The molecule has 0 spiro atoms. The van der Waals surface area contributed by atoms with E-state index in [1.807, 2.05) is 6.07 Å². The van der Waals surface area contributed by atoms with Crippen LogP contribution in [-0.4, -0.2) is 39.9 Å². The minimum absolute atomic E-state index is 0.0362. The Bertz CT molecular complexity index is 729. The van der Waals surface area contributed by atoms with E-state index in [9.17, 15) is 19.5 Å². The molecular weight excluding hydrogens is 310 g/mol. The molecule has 3 atom stereocenters. The van der Waals surface area contributed by atoms with Gasteiger partial charge in [0.2, 0.25) is 5.91 Å². The highest BCUT2D eigenvalue weighted by Crippen LogP contribution is 2.36. The topological polar surface area (TPSA) is 113 Å². The number of rotatable bonds is 4. The molecule has 0 bridgehead atoms. The van der Waals surface area contributed by atoms with E-state index in [-0.39, 0.29) is 11.7 Å².